The van der Waals surface area contributed by atoms with Gasteiger partial charge in [0.1, 0.15) is 5.60 Å². The van der Waals surface area contributed by atoms with Crippen molar-refractivity contribution in [3.63, 3.8) is 0 Å². The molecule has 0 radical (unpaired) electrons. The van der Waals surface area contributed by atoms with Crippen LogP contribution >= 0.6 is 0 Å². The summed E-state index contributed by atoms with van der Waals surface area (Å²) in [5.74, 6) is -0.505. The Labute approximate surface area is 87.9 Å². The first-order valence-electron chi connectivity index (χ1n) is 4.82. The maximum absolute atomic E-state index is 11.5. The van der Waals surface area contributed by atoms with Crippen molar-refractivity contribution in [2.75, 3.05) is 26.2 Å². The number of nitrogens with one attached hydrogen (secondary N) is 1. The van der Waals surface area contributed by atoms with Crippen molar-refractivity contribution in [2.24, 2.45) is 0 Å². The van der Waals surface area contributed by atoms with Gasteiger partial charge in [-0.25, -0.2) is 0 Å². The van der Waals surface area contributed by atoms with Crippen LogP contribution in [0.5, 0.6) is 0 Å². The van der Waals surface area contributed by atoms with Gasteiger partial charge in [0.15, 0.2) is 0 Å². The summed E-state index contributed by atoms with van der Waals surface area (Å²) in [5.41, 5.74) is -1.17. The van der Waals surface area contributed by atoms with Crippen molar-refractivity contribution in [3.05, 3.63) is 0 Å². The van der Waals surface area contributed by atoms with Crippen LogP contribution in [0.2, 0.25) is 0 Å². The lowest BCUT2D eigenvalue weighted by molar-refractivity contribution is -0.132. The quantitative estimate of drug-likeness (QED) is 0.513. The van der Waals surface area contributed by atoms with Gasteiger partial charge in [-0.3, -0.25) is 9.59 Å². The zero-order valence-electron chi connectivity index (χ0n) is 8.69. The first kappa shape index (κ1) is 11.9. The van der Waals surface area contributed by atoms with Gasteiger partial charge in [0, 0.05) is 13.5 Å². The summed E-state index contributed by atoms with van der Waals surface area (Å²) in [5, 5.41) is 20.9. The number of likely N-dealkylation sites (tertiary alicyclic amines) is 1. The van der Waals surface area contributed by atoms with Crippen molar-refractivity contribution in [1.82, 2.24) is 10.2 Å². The molecule has 0 aromatic carbocycles. The van der Waals surface area contributed by atoms with Crippen molar-refractivity contribution in [3.8, 4) is 0 Å². The summed E-state index contributed by atoms with van der Waals surface area (Å²) in [4.78, 5) is 23.5. The number of rotatable bonds is 3. The molecule has 0 aromatic rings. The van der Waals surface area contributed by atoms with E-state index in [1.807, 2.05) is 0 Å². The number of amides is 2. The maximum Gasteiger partial charge on any atom is 0.242 e. The molecule has 1 aliphatic heterocycles. The van der Waals surface area contributed by atoms with E-state index in [9.17, 15) is 14.7 Å². The van der Waals surface area contributed by atoms with E-state index in [0.717, 1.165) is 0 Å². The molecule has 1 saturated heterocycles. The minimum absolute atomic E-state index is 0.0587. The summed E-state index contributed by atoms with van der Waals surface area (Å²) < 4.78 is 0. The van der Waals surface area contributed by atoms with Crippen LogP contribution in [0, 0.1) is 0 Å². The predicted octanol–water partition coefficient (Wildman–Crippen LogP) is -1.92. The van der Waals surface area contributed by atoms with E-state index in [2.05, 4.69) is 5.32 Å². The molecule has 1 aliphatic rings. The molecule has 86 valence electrons. The highest BCUT2D eigenvalue weighted by Gasteiger charge is 2.37. The molecule has 2 amide bonds. The first-order chi connectivity index (χ1) is 6.97. The number of carbonyl (C=O) groups is 2. The zero-order valence-corrected chi connectivity index (χ0v) is 8.69. The Hall–Kier alpha value is -1.14. The van der Waals surface area contributed by atoms with Gasteiger partial charge in [0.05, 0.1) is 19.7 Å². The van der Waals surface area contributed by atoms with Crippen LogP contribution in [0.15, 0.2) is 0 Å². The molecular weight excluding hydrogens is 200 g/mol. The van der Waals surface area contributed by atoms with Crippen LogP contribution in [0.3, 0.4) is 0 Å². The summed E-state index contributed by atoms with van der Waals surface area (Å²) in [6.07, 6.45) is 0.370. The van der Waals surface area contributed by atoms with Gasteiger partial charge in [-0.2, -0.15) is 0 Å². The molecule has 0 spiro atoms. The lowest BCUT2D eigenvalue weighted by atomic mass is 10.1. The lowest BCUT2D eigenvalue weighted by Gasteiger charge is -2.20. The number of β-amino-alcohol motifs (C(OH)–C–C–N with tert-alkyl or cyclic N) is 1. The van der Waals surface area contributed by atoms with E-state index >= 15 is 0 Å². The molecule has 6 nitrogen and oxygen atoms in total. The molecule has 15 heavy (non-hydrogen) atoms. The Bertz CT molecular complexity index is 269. The summed E-state index contributed by atoms with van der Waals surface area (Å²) in [6.45, 7) is 1.46. The Morgan fingerprint density at radius 1 is 1.53 bits per heavy atom. The second kappa shape index (κ2) is 4.59. The monoisotopic (exact) mass is 216 g/mol. The molecule has 1 heterocycles. The van der Waals surface area contributed by atoms with Gasteiger partial charge in [-0.15, -0.1) is 0 Å². The molecular formula is C9H16N2O4. The number of aliphatic hydroxyl groups excluding tert-OH is 1. The standard InChI is InChI=1S/C9H16N2O4/c1-7(13)10-4-8(14)11-3-2-9(15,5-11)6-12/h12,15H,2-6H2,1H3,(H,10,13). The van der Waals surface area contributed by atoms with Crippen LogP contribution in [0.25, 0.3) is 0 Å². The van der Waals surface area contributed by atoms with Crippen molar-refractivity contribution < 1.29 is 19.8 Å². The summed E-state index contributed by atoms with van der Waals surface area (Å²) in [6, 6.07) is 0. The molecule has 0 saturated carbocycles. The molecule has 1 atom stereocenters. The molecule has 3 N–H and O–H groups in total. The normalized spacial score (nSPS) is 25.4. The van der Waals surface area contributed by atoms with Gasteiger partial charge < -0.3 is 20.4 Å². The Balaban J connectivity index is 2.40. The second-order valence-electron chi connectivity index (χ2n) is 3.86. The van der Waals surface area contributed by atoms with Gasteiger partial charge in [-0.1, -0.05) is 0 Å². The van der Waals surface area contributed by atoms with E-state index in [0.29, 0.717) is 13.0 Å². The van der Waals surface area contributed by atoms with Crippen LogP contribution in [0.1, 0.15) is 13.3 Å². The van der Waals surface area contributed by atoms with E-state index in [4.69, 9.17) is 5.11 Å². The number of aliphatic hydroxyl groups is 2. The van der Waals surface area contributed by atoms with Crippen LogP contribution in [-0.2, 0) is 9.59 Å². The third kappa shape index (κ3) is 3.17. The Morgan fingerprint density at radius 3 is 2.67 bits per heavy atom. The van der Waals surface area contributed by atoms with E-state index in [-0.39, 0.29) is 31.5 Å². The SMILES string of the molecule is CC(=O)NCC(=O)N1CCC(O)(CO)C1. The Morgan fingerprint density at radius 2 is 2.20 bits per heavy atom. The van der Waals surface area contributed by atoms with Gasteiger partial charge >= 0.3 is 0 Å². The molecule has 1 fully saturated rings. The topological polar surface area (TPSA) is 89.9 Å². The van der Waals surface area contributed by atoms with Gasteiger partial charge in [0.2, 0.25) is 11.8 Å². The number of hydrogen-bond acceptors (Lipinski definition) is 4. The fourth-order valence-corrected chi connectivity index (χ4v) is 1.51. The maximum atomic E-state index is 11.5. The average molecular weight is 216 g/mol. The minimum atomic E-state index is -1.17. The van der Waals surface area contributed by atoms with E-state index in [1.54, 1.807) is 0 Å². The second-order valence-corrected chi connectivity index (χ2v) is 3.86. The third-order valence-corrected chi connectivity index (χ3v) is 2.47. The highest BCUT2D eigenvalue weighted by Crippen LogP contribution is 2.20. The highest BCUT2D eigenvalue weighted by atomic mass is 16.3. The van der Waals surface area contributed by atoms with Crippen LogP contribution in [0.4, 0.5) is 0 Å². The summed E-state index contributed by atoms with van der Waals surface area (Å²) in [7, 11) is 0. The fraction of sp³-hybridized carbons (Fsp3) is 0.778. The Kier molecular flexibility index (Phi) is 3.65. The average Bonchev–Trinajstić information content (AvgIpc) is 2.58. The smallest absolute Gasteiger partial charge is 0.242 e. The molecule has 1 unspecified atom stereocenters. The van der Waals surface area contributed by atoms with Crippen molar-refractivity contribution in [2.45, 2.75) is 18.9 Å². The van der Waals surface area contributed by atoms with Crippen LogP contribution < -0.4 is 5.32 Å². The predicted molar refractivity (Wildman–Crippen MR) is 51.9 cm³/mol. The summed E-state index contributed by atoms with van der Waals surface area (Å²) >= 11 is 0. The van der Waals surface area contributed by atoms with Crippen LogP contribution in [-0.4, -0.2) is 58.8 Å². The third-order valence-electron chi connectivity index (χ3n) is 2.47. The number of carbonyl (C=O) groups excluding carboxylic acids is 2. The van der Waals surface area contributed by atoms with Gasteiger partial charge in [-0.05, 0) is 6.42 Å². The molecule has 0 aromatic heterocycles. The van der Waals surface area contributed by atoms with Crippen molar-refractivity contribution >= 4 is 11.8 Å². The molecule has 1 rings (SSSR count). The van der Waals surface area contributed by atoms with Crippen molar-refractivity contribution in [1.29, 1.82) is 0 Å². The largest absolute Gasteiger partial charge is 0.393 e. The number of nitrogens with zero attached hydrogens (tertiary/aromatic N) is 1. The first-order valence-corrected chi connectivity index (χ1v) is 4.82. The molecule has 6 heteroatoms. The van der Waals surface area contributed by atoms with E-state index < -0.39 is 5.60 Å². The lowest BCUT2D eigenvalue weighted by Crippen LogP contribution is -2.42. The fourth-order valence-electron chi connectivity index (χ4n) is 1.51. The molecule has 0 bridgehead atoms. The van der Waals surface area contributed by atoms with Gasteiger partial charge in [0.25, 0.3) is 0 Å². The minimum Gasteiger partial charge on any atom is -0.393 e. The molecule has 0 aliphatic carbocycles. The zero-order chi connectivity index (χ0) is 11.5. The highest BCUT2D eigenvalue weighted by molar-refractivity contribution is 5.83. The van der Waals surface area contributed by atoms with E-state index in [1.165, 1.54) is 11.8 Å². The number of hydrogen-bond donors (Lipinski definition) is 3.